The highest BCUT2D eigenvalue weighted by molar-refractivity contribution is 7.10. The molecule has 0 bridgehead atoms. The molecule has 154 valence electrons. The number of hydrogen-bond acceptors (Lipinski definition) is 4. The average Bonchev–Trinajstić information content (AvgIpc) is 3.52. The summed E-state index contributed by atoms with van der Waals surface area (Å²) in [6.45, 7) is 2.13. The van der Waals surface area contributed by atoms with E-state index in [1.54, 1.807) is 11.3 Å². The molecule has 4 heterocycles. The van der Waals surface area contributed by atoms with E-state index in [0.717, 1.165) is 65.0 Å². The summed E-state index contributed by atoms with van der Waals surface area (Å²) in [6.07, 6.45) is 4.23. The molecule has 0 aliphatic carbocycles. The highest BCUT2D eigenvalue weighted by atomic mass is 32.1. The number of rotatable bonds is 3. The maximum Gasteiger partial charge on any atom is 0.256 e. The molecule has 1 amide bonds. The first-order valence-corrected chi connectivity index (χ1v) is 11.5. The normalized spacial score (nSPS) is 17.9. The lowest BCUT2D eigenvalue weighted by atomic mass is 9.99. The van der Waals surface area contributed by atoms with E-state index in [2.05, 4.69) is 39.2 Å². The lowest BCUT2D eigenvalue weighted by molar-refractivity contribution is -0.110. The van der Waals surface area contributed by atoms with Crippen molar-refractivity contribution in [1.29, 1.82) is 0 Å². The van der Waals surface area contributed by atoms with Crippen molar-refractivity contribution in [2.75, 3.05) is 18.4 Å². The Morgan fingerprint density at radius 2 is 1.94 bits per heavy atom. The third-order valence-electron chi connectivity index (χ3n) is 6.16. The van der Waals surface area contributed by atoms with Crippen LogP contribution in [0.4, 0.5) is 5.69 Å². The van der Waals surface area contributed by atoms with Gasteiger partial charge >= 0.3 is 0 Å². The van der Waals surface area contributed by atoms with Crippen LogP contribution in [-0.4, -0.2) is 29.0 Å². The first-order valence-electron chi connectivity index (χ1n) is 10.7. The Kier molecular flexibility index (Phi) is 4.47. The number of carbonyl (C=O) groups is 1. The second-order valence-electron chi connectivity index (χ2n) is 8.18. The van der Waals surface area contributed by atoms with Crippen molar-refractivity contribution in [2.24, 2.45) is 0 Å². The van der Waals surface area contributed by atoms with E-state index in [1.165, 1.54) is 5.01 Å². The molecule has 0 radical (unpaired) electrons. The van der Waals surface area contributed by atoms with Crippen LogP contribution in [0, 0.1) is 0 Å². The van der Waals surface area contributed by atoms with Gasteiger partial charge in [0.1, 0.15) is 0 Å². The van der Waals surface area contributed by atoms with Gasteiger partial charge in [-0.3, -0.25) is 4.79 Å². The van der Waals surface area contributed by atoms with Gasteiger partial charge in [0.25, 0.3) is 5.91 Å². The fourth-order valence-electron chi connectivity index (χ4n) is 4.50. The highest BCUT2D eigenvalue weighted by Gasteiger charge is 2.25. The Morgan fingerprint density at radius 1 is 1.06 bits per heavy atom. The number of piperidine rings is 1. The van der Waals surface area contributed by atoms with Gasteiger partial charge in [0.2, 0.25) is 0 Å². The van der Waals surface area contributed by atoms with E-state index in [4.69, 9.17) is 4.98 Å². The molecule has 6 rings (SSSR count). The molecule has 1 saturated heterocycles. The van der Waals surface area contributed by atoms with Crippen molar-refractivity contribution in [3.05, 3.63) is 70.2 Å². The SMILES string of the molecule is O=C1Nc2ccc(-c3csc(C4CCNCC4)n3)cc2C1=Cc1cc2ccccc2[nH]1. The summed E-state index contributed by atoms with van der Waals surface area (Å²) >= 11 is 1.75. The molecule has 6 heteroatoms. The average molecular weight is 427 g/mol. The van der Waals surface area contributed by atoms with Crippen LogP contribution in [0.25, 0.3) is 33.8 Å². The number of nitrogens with zero attached hydrogens (tertiary/aromatic N) is 1. The monoisotopic (exact) mass is 426 g/mol. The van der Waals surface area contributed by atoms with Crippen LogP contribution in [0.15, 0.2) is 53.9 Å². The molecule has 31 heavy (non-hydrogen) atoms. The number of anilines is 1. The van der Waals surface area contributed by atoms with E-state index in [-0.39, 0.29) is 5.91 Å². The van der Waals surface area contributed by atoms with E-state index in [0.29, 0.717) is 11.5 Å². The van der Waals surface area contributed by atoms with Crippen molar-refractivity contribution in [1.82, 2.24) is 15.3 Å². The number of aromatic nitrogens is 2. The van der Waals surface area contributed by atoms with Crippen molar-refractivity contribution in [2.45, 2.75) is 18.8 Å². The number of para-hydroxylation sites is 1. The molecule has 1 fully saturated rings. The second kappa shape index (κ2) is 7.48. The van der Waals surface area contributed by atoms with Gasteiger partial charge in [0.05, 0.1) is 16.3 Å². The van der Waals surface area contributed by atoms with E-state index in [1.807, 2.05) is 36.4 Å². The molecule has 0 unspecified atom stereocenters. The van der Waals surface area contributed by atoms with Crippen LogP contribution in [-0.2, 0) is 4.79 Å². The third kappa shape index (κ3) is 3.38. The molecule has 5 nitrogen and oxygen atoms in total. The number of carbonyl (C=O) groups excluding carboxylic acids is 1. The Labute approximate surface area is 184 Å². The summed E-state index contributed by atoms with van der Waals surface area (Å²) in [5, 5.41) is 10.9. The molecule has 3 N–H and O–H groups in total. The number of aromatic amines is 1. The lowest BCUT2D eigenvalue weighted by Crippen LogP contribution is -2.26. The van der Waals surface area contributed by atoms with E-state index < -0.39 is 0 Å². The zero-order chi connectivity index (χ0) is 20.8. The number of fused-ring (bicyclic) bond motifs is 2. The predicted octanol–water partition coefficient (Wildman–Crippen LogP) is 5.25. The van der Waals surface area contributed by atoms with Gasteiger partial charge in [0.15, 0.2) is 0 Å². The minimum atomic E-state index is -0.0699. The van der Waals surface area contributed by atoms with Crippen LogP contribution in [0.3, 0.4) is 0 Å². The molecule has 4 aromatic rings. The summed E-state index contributed by atoms with van der Waals surface area (Å²) in [5.41, 5.74) is 6.49. The Balaban J connectivity index is 1.35. The molecule has 2 aliphatic heterocycles. The zero-order valence-electron chi connectivity index (χ0n) is 16.9. The van der Waals surface area contributed by atoms with Crippen LogP contribution in [0.5, 0.6) is 0 Å². The first-order chi connectivity index (χ1) is 15.2. The van der Waals surface area contributed by atoms with Gasteiger partial charge in [-0.05, 0) is 61.7 Å². The molecule has 2 aromatic carbocycles. The van der Waals surface area contributed by atoms with Crippen molar-refractivity contribution >= 4 is 45.5 Å². The summed E-state index contributed by atoms with van der Waals surface area (Å²) in [6, 6.07) is 16.3. The van der Waals surface area contributed by atoms with E-state index in [9.17, 15) is 4.79 Å². The molecule has 2 aliphatic rings. The van der Waals surface area contributed by atoms with Crippen molar-refractivity contribution in [3.8, 4) is 11.3 Å². The number of benzene rings is 2. The molecule has 0 atom stereocenters. The number of thiazole rings is 1. The van der Waals surface area contributed by atoms with Crippen molar-refractivity contribution in [3.63, 3.8) is 0 Å². The third-order valence-corrected chi connectivity index (χ3v) is 7.17. The summed E-state index contributed by atoms with van der Waals surface area (Å²) in [4.78, 5) is 21.0. The second-order valence-corrected chi connectivity index (χ2v) is 9.07. The lowest BCUT2D eigenvalue weighted by Gasteiger charge is -2.20. The fourth-order valence-corrected chi connectivity index (χ4v) is 5.50. The van der Waals surface area contributed by atoms with Gasteiger partial charge < -0.3 is 15.6 Å². The largest absolute Gasteiger partial charge is 0.355 e. The number of H-pyrrole nitrogens is 1. The number of hydrogen-bond donors (Lipinski definition) is 3. The maximum atomic E-state index is 12.7. The molecule has 0 spiro atoms. The van der Waals surface area contributed by atoms with Gasteiger partial charge in [-0.2, -0.15) is 0 Å². The topological polar surface area (TPSA) is 69.8 Å². The molecule has 0 saturated carbocycles. The van der Waals surface area contributed by atoms with Crippen LogP contribution in [0.2, 0.25) is 0 Å². The summed E-state index contributed by atoms with van der Waals surface area (Å²) in [5.74, 6) is 0.481. The van der Waals surface area contributed by atoms with Crippen LogP contribution < -0.4 is 10.6 Å². The van der Waals surface area contributed by atoms with Crippen LogP contribution in [0.1, 0.15) is 35.0 Å². The smallest absolute Gasteiger partial charge is 0.256 e. The van der Waals surface area contributed by atoms with E-state index >= 15 is 0 Å². The molecular formula is C25H22N4OS. The first kappa shape index (κ1) is 18.5. The van der Waals surface area contributed by atoms with Gasteiger partial charge in [0, 0.05) is 39.3 Å². The minimum absolute atomic E-state index is 0.0699. The number of amides is 1. The molecular weight excluding hydrogens is 404 g/mol. The van der Waals surface area contributed by atoms with Gasteiger partial charge in [-0.1, -0.05) is 24.3 Å². The maximum absolute atomic E-state index is 12.7. The predicted molar refractivity (Wildman–Crippen MR) is 127 cm³/mol. The minimum Gasteiger partial charge on any atom is -0.355 e. The summed E-state index contributed by atoms with van der Waals surface area (Å²) in [7, 11) is 0. The fraction of sp³-hybridized carbons (Fsp3) is 0.200. The quantitative estimate of drug-likeness (QED) is 0.392. The summed E-state index contributed by atoms with van der Waals surface area (Å²) < 4.78 is 0. The highest BCUT2D eigenvalue weighted by Crippen LogP contribution is 2.38. The molecule has 2 aromatic heterocycles. The Morgan fingerprint density at radius 3 is 2.81 bits per heavy atom. The number of nitrogens with one attached hydrogen (secondary N) is 3. The standard InChI is InChI=1S/C25H22N4OS/c30-24-20(13-18-11-16-3-1-2-4-21(16)27-18)19-12-17(5-6-22(19)28-24)23-14-31-25(29-23)15-7-9-26-10-8-15/h1-6,11-15,26-27H,7-10H2,(H,28,30). The van der Waals surface area contributed by atoms with Gasteiger partial charge in [-0.15, -0.1) is 11.3 Å². The zero-order valence-corrected chi connectivity index (χ0v) is 17.8. The Hall–Kier alpha value is -3.22. The van der Waals surface area contributed by atoms with Gasteiger partial charge in [-0.25, -0.2) is 4.98 Å². The van der Waals surface area contributed by atoms with Crippen molar-refractivity contribution < 1.29 is 4.79 Å². The van der Waals surface area contributed by atoms with Crippen LogP contribution >= 0.6 is 11.3 Å². The Bertz CT molecular complexity index is 1290.